The lowest BCUT2D eigenvalue weighted by molar-refractivity contribution is -0.117. The molecule has 2 heterocycles. The zero-order chi connectivity index (χ0) is 16.5. The Balaban J connectivity index is 1.45. The molecular formula is C19H24N2O3. The van der Waals surface area contributed by atoms with Crippen molar-refractivity contribution < 1.29 is 14.3 Å². The minimum absolute atomic E-state index is 0.0349. The summed E-state index contributed by atoms with van der Waals surface area (Å²) in [5.41, 5.74) is 2.26. The van der Waals surface area contributed by atoms with Crippen LogP contribution in [-0.4, -0.2) is 31.1 Å². The maximum atomic E-state index is 12.3. The van der Waals surface area contributed by atoms with Crippen molar-refractivity contribution in [2.45, 2.75) is 51.0 Å². The second-order valence-electron chi connectivity index (χ2n) is 7.18. The molecule has 1 aliphatic carbocycles. The van der Waals surface area contributed by atoms with Crippen LogP contribution >= 0.6 is 0 Å². The summed E-state index contributed by atoms with van der Waals surface area (Å²) < 4.78 is 5.51. The number of carbonyl (C=O) groups is 2. The SMILES string of the molecule is O=C(OCC1CCCCC1)c1ccc2c(c1)NC(=O)[C@H]1CCCN21. The van der Waals surface area contributed by atoms with Crippen molar-refractivity contribution in [2.75, 3.05) is 23.4 Å². The van der Waals surface area contributed by atoms with E-state index in [1.165, 1.54) is 19.3 Å². The average molecular weight is 328 g/mol. The van der Waals surface area contributed by atoms with Gasteiger partial charge in [-0.25, -0.2) is 4.79 Å². The Kier molecular flexibility index (Phi) is 4.17. The van der Waals surface area contributed by atoms with Gasteiger partial charge in [-0.2, -0.15) is 0 Å². The molecule has 1 atom stereocenters. The van der Waals surface area contributed by atoms with Gasteiger partial charge < -0.3 is 15.0 Å². The molecule has 3 aliphatic rings. The highest BCUT2D eigenvalue weighted by atomic mass is 16.5. The summed E-state index contributed by atoms with van der Waals surface area (Å²) in [6, 6.07) is 5.45. The summed E-state index contributed by atoms with van der Waals surface area (Å²) in [6.07, 6.45) is 8.02. The fourth-order valence-corrected chi connectivity index (χ4v) is 4.19. The van der Waals surface area contributed by atoms with Gasteiger partial charge in [0.1, 0.15) is 6.04 Å². The molecule has 1 N–H and O–H groups in total. The van der Waals surface area contributed by atoms with Crippen LogP contribution in [0.25, 0.3) is 0 Å². The predicted octanol–water partition coefficient (Wildman–Crippen LogP) is 3.34. The van der Waals surface area contributed by atoms with Crippen molar-refractivity contribution in [3.8, 4) is 0 Å². The van der Waals surface area contributed by atoms with E-state index in [2.05, 4.69) is 10.2 Å². The summed E-state index contributed by atoms with van der Waals surface area (Å²) in [5, 5.41) is 2.94. The van der Waals surface area contributed by atoms with Gasteiger partial charge in [0.05, 0.1) is 23.5 Å². The number of hydrogen-bond acceptors (Lipinski definition) is 4. The number of ether oxygens (including phenoxy) is 1. The van der Waals surface area contributed by atoms with Crippen LogP contribution in [0.1, 0.15) is 55.3 Å². The van der Waals surface area contributed by atoms with Gasteiger partial charge in [-0.1, -0.05) is 19.3 Å². The highest BCUT2D eigenvalue weighted by Crippen LogP contribution is 2.37. The molecule has 128 valence electrons. The van der Waals surface area contributed by atoms with Gasteiger partial charge in [0, 0.05) is 6.54 Å². The van der Waals surface area contributed by atoms with E-state index in [1.807, 2.05) is 12.1 Å². The topological polar surface area (TPSA) is 58.6 Å². The van der Waals surface area contributed by atoms with Gasteiger partial charge >= 0.3 is 5.97 Å². The molecule has 0 spiro atoms. The maximum Gasteiger partial charge on any atom is 0.338 e. The van der Waals surface area contributed by atoms with Crippen molar-refractivity contribution in [3.63, 3.8) is 0 Å². The lowest BCUT2D eigenvalue weighted by atomic mass is 9.90. The molecule has 1 amide bonds. The van der Waals surface area contributed by atoms with Crippen molar-refractivity contribution in [2.24, 2.45) is 5.92 Å². The van der Waals surface area contributed by atoms with Gasteiger partial charge in [0.25, 0.3) is 0 Å². The molecule has 0 unspecified atom stereocenters. The Morgan fingerprint density at radius 1 is 1.17 bits per heavy atom. The predicted molar refractivity (Wildman–Crippen MR) is 92.3 cm³/mol. The first-order chi connectivity index (χ1) is 11.7. The van der Waals surface area contributed by atoms with Gasteiger partial charge in [-0.05, 0) is 49.8 Å². The molecule has 1 aromatic rings. The Hall–Kier alpha value is -2.04. The zero-order valence-corrected chi connectivity index (χ0v) is 13.9. The molecule has 2 aliphatic heterocycles. The first-order valence-electron chi connectivity index (χ1n) is 9.11. The number of hydrogen-bond donors (Lipinski definition) is 1. The molecule has 0 aromatic heterocycles. The lowest BCUT2D eigenvalue weighted by Gasteiger charge is -2.33. The molecule has 2 fully saturated rings. The smallest absolute Gasteiger partial charge is 0.338 e. The van der Waals surface area contributed by atoms with Gasteiger partial charge in [0.2, 0.25) is 5.91 Å². The normalized spacial score (nSPS) is 23.4. The Bertz CT molecular complexity index is 652. The van der Waals surface area contributed by atoms with Crippen LogP contribution in [0.15, 0.2) is 18.2 Å². The van der Waals surface area contributed by atoms with E-state index in [0.717, 1.165) is 43.6 Å². The molecule has 0 radical (unpaired) electrons. The summed E-state index contributed by atoms with van der Waals surface area (Å²) in [4.78, 5) is 26.7. The van der Waals surface area contributed by atoms with Crippen molar-refractivity contribution >= 4 is 23.3 Å². The maximum absolute atomic E-state index is 12.3. The van der Waals surface area contributed by atoms with Crippen LogP contribution in [0, 0.1) is 5.92 Å². The summed E-state index contributed by atoms with van der Waals surface area (Å²) >= 11 is 0. The van der Waals surface area contributed by atoms with Crippen LogP contribution < -0.4 is 10.2 Å². The van der Waals surface area contributed by atoms with Crippen LogP contribution in [0.5, 0.6) is 0 Å². The van der Waals surface area contributed by atoms with E-state index in [-0.39, 0.29) is 17.9 Å². The molecule has 0 bridgehead atoms. The van der Waals surface area contributed by atoms with Gasteiger partial charge in [0.15, 0.2) is 0 Å². The van der Waals surface area contributed by atoms with Crippen molar-refractivity contribution in [1.29, 1.82) is 0 Å². The van der Waals surface area contributed by atoms with Crippen LogP contribution in [0.3, 0.4) is 0 Å². The molecular weight excluding hydrogens is 304 g/mol. The largest absolute Gasteiger partial charge is 0.462 e. The molecule has 1 aromatic carbocycles. The highest BCUT2D eigenvalue weighted by Gasteiger charge is 2.36. The quantitative estimate of drug-likeness (QED) is 0.865. The first kappa shape index (κ1) is 15.5. The number of nitrogens with one attached hydrogen (secondary N) is 1. The van der Waals surface area contributed by atoms with Gasteiger partial charge in [-0.15, -0.1) is 0 Å². The fraction of sp³-hybridized carbons (Fsp3) is 0.579. The second-order valence-corrected chi connectivity index (χ2v) is 7.18. The van der Waals surface area contributed by atoms with Crippen LogP contribution in [0.4, 0.5) is 11.4 Å². The number of nitrogens with zero attached hydrogens (tertiary/aromatic N) is 1. The second kappa shape index (κ2) is 6.46. The molecule has 5 heteroatoms. The van der Waals surface area contributed by atoms with E-state index in [9.17, 15) is 9.59 Å². The minimum atomic E-state index is -0.291. The van der Waals surface area contributed by atoms with Gasteiger partial charge in [-0.3, -0.25) is 4.79 Å². The molecule has 1 saturated heterocycles. The summed E-state index contributed by atoms with van der Waals surface area (Å²) in [5.74, 6) is 0.249. The number of benzene rings is 1. The third-order valence-electron chi connectivity index (χ3n) is 5.53. The van der Waals surface area contributed by atoms with E-state index in [1.54, 1.807) is 6.07 Å². The van der Waals surface area contributed by atoms with Crippen molar-refractivity contribution in [3.05, 3.63) is 23.8 Å². The number of amides is 1. The van der Waals surface area contributed by atoms with Crippen LogP contribution in [0.2, 0.25) is 0 Å². The Labute approximate surface area is 142 Å². The third kappa shape index (κ3) is 2.87. The Morgan fingerprint density at radius 2 is 2.00 bits per heavy atom. The number of rotatable bonds is 3. The van der Waals surface area contributed by atoms with Crippen LogP contribution in [-0.2, 0) is 9.53 Å². The summed E-state index contributed by atoms with van der Waals surface area (Å²) in [6.45, 7) is 1.41. The Morgan fingerprint density at radius 3 is 2.83 bits per heavy atom. The number of anilines is 2. The molecule has 24 heavy (non-hydrogen) atoms. The lowest BCUT2D eigenvalue weighted by Crippen LogP contribution is -2.43. The monoisotopic (exact) mass is 328 g/mol. The first-order valence-corrected chi connectivity index (χ1v) is 9.11. The number of fused-ring (bicyclic) bond motifs is 3. The summed E-state index contributed by atoms with van der Waals surface area (Å²) in [7, 11) is 0. The third-order valence-corrected chi connectivity index (χ3v) is 5.53. The van der Waals surface area contributed by atoms with E-state index in [4.69, 9.17) is 4.74 Å². The standard InChI is InChI=1S/C19H24N2O3/c22-18-17-7-4-10-21(17)16-9-8-14(11-15(16)20-18)19(23)24-12-13-5-2-1-3-6-13/h8-9,11,13,17H,1-7,10,12H2,(H,20,22)/t17-/m1/s1. The minimum Gasteiger partial charge on any atom is -0.462 e. The number of esters is 1. The van der Waals surface area contributed by atoms with E-state index < -0.39 is 0 Å². The fourth-order valence-electron chi connectivity index (χ4n) is 4.19. The number of carbonyl (C=O) groups excluding carboxylic acids is 2. The molecule has 1 saturated carbocycles. The van der Waals surface area contributed by atoms with Crippen molar-refractivity contribution in [1.82, 2.24) is 0 Å². The van der Waals surface area contributed by atoms with E-state index in [0.29, 0.717) is 18.1 Å². The molecule has 5 nitrogen and oxygen atoms in total. The molecule has 4 rings (SSSR count). The average Bonchev–Trinajstić information content (AvgIpc) is 3.11. The highest BCUT2D eigenvalue weighted by molar-refractivity contribution is 6.05. The zero-order valence-electron chi connectivity index (χ0n) is 13.9. The van der Waals surface area contributed by atoms with E-state index >= 15 is 0 Å².